The van der Waals surface area contributed by atoms with E-state index in [0.717, 1.165) is 27.2 Å². The van der Waals surface area contributed by atoms with Crippen LogP contribution in [0.2, 0.25) is 0 Å². The van der Waals surface area contributed by atoms with Gasteiger partial charge in [0.05, 0.1) is 24.5 Å². The van der Waals surface area contributed by atoms with E-state index < -0.39 is 36.8 Å². The Labute approximate surface area is 280 Å². The highest BCUT2D eigenvalue weighted by Crippen LogP contribution is 2.50. The van der Waals surface area contributed by atoms with Crippen LogP contribution in [0.15, 0.2) is 122 Å². The molecule has 2 heterocycles. The summed E-state index contributed by atoms with van der Waals surface area (Å²) >= 11 is 0. The van der Waals surface area contributed by atoms with E-state index in [-0.39, 0.29) is 36.6 Å². The van der Waals surface area contributed by atoms with Crippen LogP contribution in [0, 0.1) is 5.92 Å². The van der Waals surface area contributed by atoms with Gasteiger partial charge >= 0.3 is 5.97 Å². The third-order valence-electron chi connectivity index (χ3n) is 9.15. The number of benzene rings is 4. The van der Waals surface area contributed by atoms with Crippen molar-refractivity contribution < 1.29 is 29.0 Å². The number of carbonyl (C=O) groups excluding carboxylic acids is 4. The number of fused-ring (bicyclic) bond motifs is 1. The highest BCUT2D eigenvalue weighted by atomic mass is 31.2. The number of β-lactam (4-membered cyclic amide) rings is 1. The predicted molar refractivity (Wildman–Crippen MR) is 190 cm³/mol. The molecule has 8 nitrogen and oxygen atoms in total. The number of ketones is 1. The number of anilines is 1. The van der Waals surface area contributed by atoms with E-state index in [9.17, 15) is 24.3 Å². The molecule has 0 bridgehead atoms. The molecule has 1 N–H and O–H groups in total. The summed E-state index contributed by atoms with van der Waals surface area (Å²) < 4.78 is 5.79. The van der Waals surface area contributed by atoms with Gasteiger partial charge in [0.1, 0.15) is 12.0 Å². The summed E-state index contributed by atoms with van der Waals surface area (Å²) in [6, 6.07) is 33.1. The van der Waals surface area contributed by atoms with Crippen LogP contribution in [0.5, 0.6) is 0 Å². The van der Waals surface area contributed by atoms with Gasteiger partial charge in [0, 0.05) is 31.6 Å². The van der Waals surface area contributed by atoms with Gasteiger partial charge in [-0.2, -0.15) is 0 Å². The Balaban J connectivity index is 1.60. The van der Waals surface area contributed by atoms with Gasteiger partial charge in [-0.3, -0.25) is 14.4 Å². The minimum Gasteiger partial charge on any atom is -0.457 e. The first-order chi connectivity index (χ1) is 23.2. The summed E-state index contributed by atoms with van der Waals surface area (Å²) in [4.78, 5) is 58.2. The molecule has 0 spiro atoms. The molecule has 6 rings (SSSR count). The van der Waals surface area contributed by atoms with Crippen molar-refractivity contribution in [3.63, 3.8) is 0 Å². The summed E-state index contributed by atoms with van der Waals surface area (Å²) in [5, 5.41) is 13.3. The molecule has 0 unspecified atom stereocenters. The van der Waals surface area contributed by atoms with Gasteiger partial charge in [0.25, 0.3) is 0 Å². The van der Waals surface area contributed by atoms with Crippen molar-refractivity contribution in [2.24, 2.45) is 5.92 Å². The molecule has 0 radical (unpaired) electrons. The maximum atomic E-state index is 14.6. The summed E-state index contributed by atoms with van der Waals surface area (Å²) in [6.07, 6.45) is 0.431. The largest absolute Gasteiger partial charge is 0.457 e. The fourth-order valence-electron chi connectivity index (χ4n) is 6.89. The van der Waals surface area contributed by atoms with Gasteiger partial charge in [0.2, 0.25) is 11.8 Å². The molecule has 0 saturated carbocycles. The molecule has 1 saturated heterocycles. The number of esters is 1. The maximum Gasteiger partial charge on any atom is 0.356 e. The Morgan fingerprint density at radius 1 is 0.917 bits per heavy atom. The van der Waals surface area contributed by atoms with E-state index in [0.29, 0.717) is 5.56 Å². The normalized spacial score (nSPS) is 17.7. The van der Waals surface area contributed by atoms with E-state index in [1.54, 1.807) is 30.1 Å². The molecule has 4 aromatic carbocycles. The summed E-state index contributed by atoms with van der Waals surface area (Å²) in [7, 11) is 1.70. The quantitative estimate of drug-likeness (QED) is 0.0863. The number of likely N-dealkylation sites (N-methyl/N-ethyl adjacent to an activating group) is 1. The molecular weight excluding hydrogens is 623 g/mol. The van der Waals surface area contributed by atoms with Crippen molar-refractivity contribution in [1.29, 1.82) is 0 Å². The zero-order chi connectivity index (χ0) is 34.0. The summed E-state index contributed by atoms with van der Waals surface area (Å²) in [5.41, 5.74) is 2.03. The Kier molecular flexibility index (Phi) is 9.31. The van der Waals surface area contributed by atoms with Gasteiger partial charge in [-0.15, -0.1) is 0 Å². The fraction of sp³-hybridized carbons (Fsp3) is 0.205. The van der Waals surface area contributed by atoms with Gasteiger partial charge < -0.3 is 19.6 Å². The minimum atomic E-state index is -3.18. The smallest absolute Gasteiger partial charge is 0.356 e. The molecule has 3 atom stereocenters. The molecule has 0 aromatic heterocycles. The second-order valence-electron chi connectivity index (χ2n) is 12.0. The second-order valence-corrected chi connectivity index (χ2v) is 15.3. The minimum absolute atomic E-state index is 0.0557. The summed E-state index contributed by atoms with van der Waals surface area (Å²) in [5.74, 6) is -2.41. The number of nitrogens with zero attached hydrogens (tertiary/aromatic N) is 2. The molecule has 2 aliphatic rings. The molecule has 2 amide bonds. The number of aliphatic hydroxyl groups excluding tert-OH is 1. The van der Waals surface area contributed by atoms with Crippen molar-refractivity contribution >= 4 is 57.5 Å². The van der Waals surface area contributed by atoms with Crippen LogP contribution in [0.25, 0.3) is 0 Å². The monoisotopic (exact) mass is 660 g/mol. The number of likely N-dealkylation sites (tertiary alicyclic amines) is 1. The first kappa shape index (κ1) is 32.9. The van der Waals surface area contributed by atoms with E-state index >= 15 is 0 Å². The Bertz CT molecular complexity index is 1840. The lowest BCUT2D eigenvalue weighted by Crippen LogP contribution is -2.68. The molecule has 2 aliphatic heterocycles. The molecule has 48 heavy (non-hydrogen) atoms. The third-order valence-corrected chi connectivity index (χ3v) is 13.4. The highest BCUT2D eigenvalue weighted by Gasteiger charge is 2.55. The zero-order valence-corrected chi connectivity index (χ0v) is 27.8. The van der Waals surface area contributed by atoms with Crippen LogP contribution in [0.4, 0.5) is 5.69 Å². The summed E-state index contributed by atoms with van der Waals surface area (Å²) in [6.45, 7) is 1.98. The lowest BCUT2D eigenvalue weighted by Gasteiger charge is -2.50. The Morgan fingerprint density at radius 2 is 1.46 bits per heavy atom. The van der Waals surface area contributed by atoms with Crippen molar-refractivity contribution in [3.8, 4) is 0 Å². The standard InChI is InChI=1S/C39H37N2O6P/c1-4-22-47-39(46)38(48(29-14-8-5-9-15-29,30-16-10-6-11-17-30)31-18-12-7-13-19-31)41-33(36(26(2)42)37(41)45)25-34(43)27-20-21-32-28(23-27)24-35(44)40(32)3/h4-21,23,26,33,36,42H,1,22,24-25H2,2-3H3/t26-,33-,36-/m1/s1. The molecule has 0 aliphatic carbocycles. The number of amides is 2. The van der Waals surface area contributed by atoms with Gasteiger partial charge in [-0.25, -0.2) is 4.79 Å². The van der Waals surface area contributed by atoms with Crippen molar-refractivity contribution in [2.75, 3.05) is 18.6 Å². The number of Topliss-reactive ketones (excluding diaryl/α,β-unsaturated/α-hetero) is 1. The average molecular weight is 661 g/mol. The van der Waals surface area contributed by atoms with Crippen LogP contribution in [0.1, 0.15) is 29.3 Å². The second kappa shape index (κ2) is 13.6. The number of hydrogen-bond donors (Lipinski definition) is 1. The highest BCUT2D eigenvalue weighted by molar-refractivity contribution is 7.96. The van der Waals surface area contributed by atoms with Crippen molar-refractivity contribution in [3.05, 3.63) is 133 Å². The fourth-order valence-corrected chi connectivity index (χ4v) is 11.3. The first-order valence-corrected chi connectivity index (χ1v) is 17.6. The molecule has 244 valence electrons. The van der Waals surface area contributed by atoms with E-state index in [2.05, 4.69) is 6.58 Å². The molecule has 4 aromatic rings. The van der Waals surface area contributed by atoms with E-state index in [4.69, 9.17) is 4.74 Å². The molecule has 1 fully saturated rings. The third kappa shape index (κ3) is 5.61. The van der Waals surface area contributed by atoms with E-state index in [1.165, 1.54) is 17.9 Å². The Morgan fingerprint density at radius 3 is 1.96 bits per heavy atom. The number of hydrogen-bond acceptors (Lipinski definition) is 6. The maximum absolute atomic E-state index is 14.6. The predicted octanol–water partition coefficient (Wildman–Crippen LogP) is 3.84. The van der Waals surface area contributed by atoms with E-state index in [1.807, 2.05) is 91.0 Å². The first-order valence-electron chi connectivity index (χ1n) is 15.8. The van der Waals surface area contributed by atoms with Crippen LogP contribution < -0.4 is 20.8 Å². The lowest BCUT2D eigenvalue weighted by atomic mass is 9.79. The number of ether oxygens (including phenoxy) is 1. The zero-order valence-electron chi connectivity index (χ0n) is 26.9. The number of carbonyl (C=O) groups is 4. The lowest BCUT2D eigenvalue weighted by molar-refractivity contribution is -0.157. The van der Waals surface area contributed by atoms with Gasteiger partial charge in [-0.05, 0) is 46.6 Å². The van der Waals surface area contributed by atoms with Crippen molar-refractivity contribution in [1.82, 2.24) is 4.90 Å². The number of rotatable bonds is 11. The van der Waals surface area contributed by atoms with Crippen molar-refractivity contribution in [2.45, 2.75) is 31.9 Å². The Hall–Kier alpha value is -5.04. The molecule has 9 heteroatoms. The van der Waals surface area contributed by atoms with Gasteiger partial charge in [-0.1, -0.05) is 104 Å². The van der Waals surface area contributed by atoms with Crippen LogP contribution >= 0.6 is 6.89 Å². The van der Waals surface area contributed by atoms with Gasteiger partial charge in [0.15, 0.2) is 5.78 Å². The van der Waals surface area contributed by atoms with Crippen LogP contribution in [-0.2, 0) is 25.5 Å². The molecular formula is C39H37N2O6P. The SMILES string of the molecule is C=CCOC(=O)C(N1C(=O)[C@H]([C@@H](C)O)[C@H]1CC(=O)c1ccc2c(c1)CC(=O)N2C)=P(c1ccccc1)(c1ccccc1)c1ccccc1. The van der Waals surface area contributed by atoms with Crippen LogP contribution in [0.3, 0.4) is 0 Å². The average Bonchev–Trinajstić information content (AvgIpc) is 3.39. The number of aliphatic hydroxyl groups is 1. The topological polar surface area (TPSA) is 104 Å². The van der Waals surface area contributed by atoms with Crippen LogP contribution in [-0.4, -0.2) is 64.8 Å².